The van der Waals surface area contributed by atoms with Crippen molar-refractivity contribution in [3.05, 3.63) is 58.8 Å². The summed E-state index contributed by atoms with van der Waals surface area (Å²) in [6.07, 6.45) is 9.67. The Kier molecular flexibility index (Phi) is 10.3. The summed E-state index contributed by atoms with van der Waals surface area (Å²) in [6, 6.07) is 9.24. The first-order chi connectivity index (χ1) is 17.0. The van der Waals surface area contributed by atoms with Gasteiger partial charge in [0.15, 0.2) is 0 Å². The molecule has 0 aliphatic carbocycles. The minimum absolute atomic E-state index is 0.0172. The van der Waals surface area contributed by atoms with E-state index in [1.807, 2.05) is 13.8 Å². The first-order valence-electron chi connectivity index (χ1n) is 12.5. The van der Waals surface area contributed by atoms with Gasteiger partial charge in [0.05, 0.1) is 30.1 Å². The minimum Gasteiger partial charge on any atom is -0.493 e. The maximum Gasteiger partial charge on any atom is 0.345 e. The van der Waals surface area contributed by atoms with E-state index >= 15 is 0 Å². The second-order valence-corrected chi connectivity index (χ2v) is 8.79. The molecular formula is C28H34FNO5. The summed E-state index contributed by atoms with van der Waals surface area (Å²) >= 11 is 0. The molecule has 1 atom stereocenters. The van der Waals surface area contributed by atoms with Gasteiger partial charge in [0.25, 0.3) is 0 Å². The smallest absolute Gasteiger partial charge is 0.345 e. The summed E-state index contributed by atoms with van der Waals surface area (Å²) in [6.45, 7) is 4.93. The summed E-state index contributed by atoms with van der Waals surface area (Å²) in [7, 11) is 0. The summed E-state index contributed by atoms with van der Waals surface area (Å²) in [5, 5.41) is 0.584. The maximum atomic E-state index is 13.6. The standard InChI is InChI=1S/C28H34FNO5/c1-3-20(2)27(31)34-17-10-8-6-4-5-7-9-16-33-25-14-15-30-26-24(25)19-23(28(32)35-26)21-12-11-13-22(29)18-21/h11-15,18-20H,3-10,16-17H2,1-2H3. The van der Waals surface area contributed by atoms with E-state index in [0.717, 1.165) is 51.4 Å². The molecule has 0 amide bonds. The molecule has 7 heteroatoms. The Bertz CT molecular complexity index is 1160. The van der Waals surface area contributed by atoms with Crippen LogP contribution >= 0.6 is 0 Å². The van der Waals surface area contributed by atoms with Crippen molar-refractivity contribution in [3.63, 3.8) is 0 Å². The van der Waals surface area contributed by atoms with E-state index in [0.29, 0.717) is 29.9 Å². The van der Waals surface area contributed by atoms with Crippen LogP contribution < -0.4 is 10.4 Å². The molecule has 0 spiro atoms. The molecule has 188 valence electrons. The number of unbranched alkanes of at least 4 members (excludes halogenated alkanes) is 6. The highest BCUT2D eigenvalue weighted by atomic mass is 19.1. The van der Waals surface area contributed by atoms with Crippen LogP contribution in [0.25, 0.3) is 22.2 Å². The van der Waals surface area contributed by atoms with Crippen molar-refractivity contribution in [2.24, 2.45) is 5.92 Å². The van der Waals surface area contributed by atoms with Crippen molar-refractivity contribution in [2.45, 2.75) is 65.2 Å². The average Bonchev–Trinajstić information content (AvgIpc) is 2.86. The third kappa shape index (κ3) is 7.91. The van der Waals surface area contributed by atoms with Gasteiger partial charge in [-0.25, -0.2) is 14.2 Å². The molecule has 0 aliphatic heterocycles. The molecule has 0 radical (unpaired) electrons. The molecule has 0 saturated carbocycles. The van der Waals surface area contributed by atoms with Crippen LogP contribution in [0.15, 0.2) is 51.8 Å². The number of hydrogen-bond donors (Lipinski definition) is 0. The highest BCUT2D eigenvalue weighted by Crippen LogP contribution is 2.27. The van der Waals surface area contributed by atoms with E-state index in [2.05, 4.69) is 4.98 Å². The Morgan fingerprint density at radius 1 is 1.03 bits per heavy atom. The highest BCUT2D eigenvalue weighted by molar-refractivity contribution is 5.84. The van der Waals surface area contributed by atoms with E-state index in [9.17, 15) is 14.0 Å². The molecule has 0 N–H and O–H groups in total. The first-order valence-corrected chi connectivity index (χ1v) is 12.5. The number of carbonyl (C=O) groups excluding carboxylic acids is 1. The zero-order valence-electron chi connectivity index (χ0n) is 20.6. The largest absolute Gasteiger partial charge is 0.493 e. The van der Waals surface area contributed by atoms with Crippen molar-refractivity contribution in [2.75, 3.05) is 13.2 Å². The van der Waals surface area contributed by atoms with Gasteiger partial charge >= 0.3 is 11.6 Å². The second-order valence-electron chi connectivity index (χ2n) is 8.79. The van der Waals surface area contributed by atoms with Gasteiger partial charge in [-0.2, -0.15) is 0 Å². The third-order valence-electron chi connectivity index (χ3n) is 6.05. The van der Waals surface area contributed by atoms with Crippen LogP contribution in [0.5, 0.6) is 5.75 Å². The van der Waals surface area contributed by atoms with Gasteiger partial charge in [-0.1, -0.05) is 58.1 Å². The number of aromatic nitrogens is 1. The fraction of sp³-hybridized carbons (Fsp3) is 0.464. The van der Waals surface area contributed by atoms with Gasteiger partial charge in [-0.3, -0.25) is 4.79 Å². The lowest BCUT2D eigenvalue weighted by molar-refractivity contribution is -0.148. The molecule has 0 bridgehead atoms. The van der Waals surface area contributed by atoms with Crippen molar-refractivity contribution in [3.8, 4) is 16.9 Å². The number of benzene rings is 1. The lowest BCUT2D eigenvalue weighted by Crippen LogP contribution is -2.14. The third-order valence-corrected chi connectivity index (χ3v) is 6.05. The normalized spacial score (nSPS) is 12.0. The molecule has 2 aromatic heterocycles. The zero-order valence-corrected chi connectivity index (χ0v) is 20.6. The zero-order chi connectivity index (χ0) is 25.0. The molecule has 0 aliphatic rings. The quantitative estimate of drug-likeness (QED) is 0.188. The Labute approximate surface area is 205 Å². The van der Waals surface area contributed by atoms with Gasteiger partial charge in [-0.15, -0.1) is 0 Å². The van der Waals surface area contributed by atoms with Crippen molar-refractivity contribution in [1.82, 2.24) is 4.98 Å². The molecule has 3 aromatic rings. The number of pyridine rings is 1. The summed E-state index contributed by atoms with van der Waals surface area (Å²) < 4.78 is 30.2. The van der Waals surface area contributed by atoms with Crippen molar-refractivity contribution in [1.29, 1.82) is 0 Å². The second kappa shape index (κ2) is 13.6. The maximum absolute atomic E-state index is 13.6. The Hall–Kier alpha value is -3.22. The number of esters is 1. The number of ether oxygens (including phenoxy) is 2. The molecule has 6 nitrogen and oxygen atoms in total. The number of carbonyl (C=O) groups is 1. The average molecular weight is 484 g/mol. The van der Waals surface area contributed by atoms with E-state index < -0.39 is 11.4 Å². The van der Waals surface area contributed by atoms with Crippen LogP contribution in [-0.2, 0) is 9.53 Å². The first kappa shape index (κ1) is 26.4. The number of hydrogen-bond acceptors (Lipinski definition) is 6. The summed E-state index contributed by atoms with van der Waals surface area (Å²) in [5.41, 5.74) is 0.345. The SMILES string of the molecule is CCC(C)C(=O)OCCCCCCCCCOc1ccnc2oc(=O)c(-c3cccc(F)c3)cc12. The van der Waals surface area contributed by atoms with Crippen molar-refractivity contribution < 1.29 is 23.1 Å². The molecule has 0 fully saturated rings. The van der Waals surface area contributed by atoms with Crippen LogP contribution in [-0.4, -0.2) is 24.2 Å². The van der Waals surface area contributed by atoms with Gasteiger partial charge in [0.1, 0.15) is 11.6 Å². The molecule has 35 heavy (non-hydrogen) atoms. The molecular weight excluding hydrogens is 449 g/mol. The lowest BCUT2D eigenvalue weighted by Gasteiger charge is -2.10. The summed E-state index contributed by atoms with van der Waals surface area (Å²) in [5.74, 6) is 0.0521. The van der Waals surface area contributed by atoms with Crippen molar-refractivity contribution >= 4 is 17.1 Å². The van der Waals surface area contributed by atoms with E-state index in [-0.39, 0.29) is 23.2 Å². The van der Waals surface area contributed by atoms with E-state index in [1.165, 1.54) is 12.1 Å². The lowest BCUT2D eigenvalue weighted by atomic mass is 10.1. The molecule has 1 unspecified atom stereocenters. The highest BCUT2D eigenvalue weighted by Gasteiger charge is 2.13. The number of halogens is 1. The topological polar surface area (TPSA) is 78.6 Å². The predicted octanol–water partition coefficient (Wildman–Crippen LogP) is 6.69. The van der Waals surface area contributed by atoms with Crippen LogP contribution in [0.2, 0.25) is 0 Å². The number of rotatable bonds is 14. The molecule has 1 aromatic carbocycles. The van der Waals surface area contributed by atoms with Gasteiger partial charge in [-0.05, 0) is 49.1 Å². The summed E-state index contributed by atoms with van der Waals surface area (Å²) in [4.78, 5) is 28.1. The fourth-order valence-electron chi connectivity index (χ4n) is 3.73. The Morgan fingerprint density at radius 2 is 1.74 bits per heavy atom. The number of fused-ring (bicyclic) bond motifs is 1. The fourth-order valence-corrected chi connectivity index (χ4v) is 3.73. The number of nitrogens with zero attached hydrogens (tertiary/aromatic N) is 1. The minimum atomic E-state index is -0.568. The monoisotopic (exact) mass is 483 g/mol. The molecule has 2 heterocycles. The molecule has 3 rings (SSSR count). The van der Waals surface area contributed by atoms with Gasteiger partial charge in [0.2, 0.25) is 5.71 Å². The Balaban J connectivity index is 1.40. The van der Waals surface area contributed by atoms with E-state index in [4.69, 9.17) is 13.9 Å². The molecule has 0 saturated heterocycles. The van der Waals surface area contributed by atoms with Crippen LogP contribution in [0.4, 0.5) is 4.39 Å². The van der Waals surface area contributed by atoms with Crippen LogP contribution in [0, 0.1) is 11.7 Å². The Morgan fingerprint density at radius 3 is 2.46 bits per heavy atom. The van der Waals surface area contributed by atoms with Crippen LogP contribution in [0.1, 0.15) is 65.2 Å². The predicted molar refractivity (Wildman–Crippen MR) is 134 cm³/mol. The van der Waals surface area contributed by atoms with Gasteiger partial charge in [0, 0.05) is 6.20 Å². The van der Waals surface area contributed by atoms with E-state index in [1.54, 1.807) is 30.5 Å². The van der Waals surface area contributed by atoms with Crippen LogP contribution in [0.3, 0.4) is 0 Å². The van der Waals surface area contributed by atoms with Gasteiger partial charge < -0.3 is 13.9 Å².